The van der Waals surface area contributed by atoms with Gasteiger partial charge >= 0.3 is 0 Å². The first kappa shape index (κ1) is 39.3. The van der Waals surface area contributed by atoms with Gasteiger partial charge in [-0.3, -0.25) is 24.2 Å². The number of rotatable bonds is 19. The first-order valence-electron chi connectivity index (χ1n) is 17.0. The van der Waals surface area contributed by atoms with Gasteiger partial charge < -0.3 is 49.0 Å². The van der Waals surface area contributed by atoms with Crippen LogP contribution >= 0.6 is 0 Å². The maximum atomic E-state index is 14.2. The minimum atomic E-state index is -1.15. The summed E-state index contributed by atoms with van der Waals surface area (Å²) in [5.74, 6) is -2.04. The van der Waals surface area contributed by atoms with Crippen LogP contribution in [0.3, 0.4) is 0 Å². The van der Waals surface area contributed by atoms with Crippen molar-refractivity contribution in [2.75, 3.05) is 6.54 Å². The third kappa shape index (κ3) is 11.8. The quantitative estimate of drug-likeness (QED) is 0.0503. The number of carbonyl (C=O) groups excluding carboxylic acids is 4. The largest absolute Gasteiger partial charge is 0.508 e. The van der Waals surface area contributed by atoms with E-state index in [0.29, 0.717) is 25.2 Å². The van der Waals surface area contributed by atoms with Gasteiger partial charge in [0.25, 0.3) is 0 Å². The molecule has 0 aliphatic rings. The number of phenolic OH excluding ortho intramolecular Hbond substituents is 1. The standard InChI is InChI=1S/C36H53N9O5/c1-20(2)9-7-13-29(32(38)47)43-34(49)30(17-23-19-42-28-12-6-5-10-25(23)28)45-35(50)31(18-26-21(3)15-24(46)16-22(26)4)44-33(48)27(37)11-8-14-41-36(39)40/h5-6,10,12,15-16,19-20,27,29-31,42,46H,7-9,11,13-14,17-18,37H2,1-4H3,(H2,38,47)(H,43,49)(H,44,48)(H,45,50)(H4,39,40,41)/t27-,29+,30+,31+/m1/s1. The molecule has 0 radical (unpaired) electrons. The summed E-state index contributed by atoms with van der Waals surface area (Å²) in [4.78, 5) is 60.9. The summed E-state index contributed by atoms with van der Waals surface area (Å²) in [6.07, 6.45) is 4.48. The predicted octanol–water partition coefficient (Wildman–Crippen LogP) is 1.42. The molecule has 0 unspecified atom stereocenters. The van der Waals surface area contributed by atoms with E-state index in [1.54, 1.807) is 32.2 Å². The molecule has 3 rings (SSSR count). The molecule has 0 aliphatic carbocycles. The lowest BCUT2D eigenvalue weighted by Crippen LogP contribution is -2.58. The number of phenols is 1. The molecule has 1 heterocycles. The Balaban J connectivity index is 1.92. The van der Waals surface area contributed by atoms with Crippen molar-refractivity contribution in [1.82, 2.24) is 20.9 Å². The third-order valence-electron chi connectivity index (χ3n) is 8.69. The fraction of sp³-hybridized carbons (Fsp3) is 0.472. The van der Waals surface area contributed by atoms with Gasteiger partial charge in [0.1, 0.15) is 23.9 Å². The van der Waals surface area contributed by atoms with Gasteiger partial charge in [0, 0.05) is 36.5 Å². The molecule has 14 heteroatoms. The van der Waals surface area contributed by atoms with Crippen LogP contribution in [-0.4, -0.2) is 70.4 Å². The van der Waals surface area contributed by atoms with Crippen molar-refractivity contribution in [2.24, 2.45) is 33.8 Å². The second-order valence-corrected chi connectivity index (χ2v) is 13.3. The molecule has 2 aromatic carbocycles. The Kier molecular flexibility index (Phi) is 14.6. The van der Waals surface area contributed by atoms with Gasteiger partial charge in [0.15, 0.2) is 5.96 Å². The lowest BCUT2D eigenvalue weighted by Gasteiger charge is -2.26. The van der Waals surface area contributed by atoms with Crippen LogP contribution in [0.25, 0.3) is 10.9 Å². The highest BCUT2D eigenvalue weighted by Gasteiger charge is 2.31. The number of para-hydroxylation sites is 1. The second kappa shape index (κ2) is 18.6. The number of fused-ring (bicyclic) bond motifs is 1. The van der Waals surface area contributed by atoms with Crippen LogP contribution in [0.2, 0.25) is 0 Å². The molecule has 50 heavy (non-hydrogen) atoms. The number of nitrogens with one attached hydrogen (secondary N) is 4. The number of guanidine groups is 1. The topological polar surface area (TPSA) is 257 Å². The minimum Gasteiger partial charge on any atom is -0.508 e. The molecule has 4 amide bonds. The number of benzene rings is 2. The first-order valence-corrected chi connectivity index (χ1v) is 17.0. The van der Waals surface area contributed by atoms with Crippen LogP contribution in [0.5, 0.6) is 5.75 Å². The zero-order valence-corrected chi connectivity index (χ0v) is 29.4. The highest BCUT2D eigenvalue weighted by atomic mass is 16.3. The molecule has 1 aromatic heterocycles. The molecule has 0 saturated carbocycles. The van der Waals surface area contributed by atoms with E-state index in [1.807, 2.05) is 24.3 Å². The number of aromatic hydroxyl groups is 1. The molecular weight excluding hydrogens is 638 g/mol. The summed E-state index contributed by atoms with van der Waals surface area (Å²) in [7, 11) is 0. The molecule has 13 N–H and O–H groups in total. The molecule has 3 aromatic rings. The molecule has 0 saturated heterocycles. The average Bonchev–Trinajstić information content (AvgIpc) is 3.45. The molecule has 0 spiro atoms. The number of primary amides is 1. The van der Waals surface area contributed by atoms with E-state index >= 15 is 0 Å². The van der Waals surface area contributed by atoms with Crippen LogP contribution < -0.4 is 38.9 Å². The second-order valence-electron chi connectivity index (χ2n) is 13.3. The van der Waals surface area contributed by atoms with Gasteiger partial charge in [-0.15, -0.1) is 0 Å². The monoisotopic (exact) mass is 691 g/mol. The number of hydrogen-bond acceptors (Lipinski definition) is 7. The Morgan fingerprint density at radius 3 is 2.04 bits per heavy atom. The number of amides is 4. The highest BCUT2D eigenvalue weighted by Crippen LogP contribution is 2.23. The lowest BCUT2D eigenvalue weighted by atomic mass is 9.94. The fourth-order valence-corrected chi connectivity index (χ4v) is 5.93. The number of carbonyl (C=O) groups is 4. The molecule has 0 aliphatic heterocycles. The van der Waals surface area contributed by atoms with Crippen molar-refractivity contribution in [3.05, 3.63) is 64.8 Å². The summed E-state index contributed by atoms with van der Waals surface area (Å²) >= 11 is 0. The number of H-pyrrole nitrogens is 1. The summed E-state index contributed by atoms with van der Waals surface area (Å²) in [5.41, 5.74) is 26.4. The van der Waals surface area contributed by atoms with Crippen LogP contribution in [0.4, 0.5) is 0 Å². The Hall–Kier alpha value is -5.11. The van der Waals surface area contributed by atoms with E-state index in [2.05, 4.69) is 39.8 Å². The van der Waals surface area contributed by atoms with Crippen molar-refractivity contribution >= 4 is 40.5 Å². The number of hydrogen-bond donors (Lipinski definition) is 9. The van der Waals surface area contributed by atoms with E-state index in [1.165, 1.54) is 0 Å². The normalized spacial score (nSPS) is 13.6. The first-order chi connectivity index (χ1) is 23.7. The smallest absolute Gasteiger partial charge is 0.243 e. The maximum absolute atomic E-state index is 14.2. The average molecular weight is 692 g/mol. The molecular formula is C36H53N9O5. The number of nitrogens with two attached hydrogens (primary N) is 4. The Morgan fingerprint density at radius 2 is 1.42 bits per heavy atom. The van der Waals surface area contributed by atoms with Crippen molar-refractivity contribution in [3.8, 4) is 5.75 Å². The summed E-state index contributed by atoms with van der Waals surface area (Å²) in [6.45, 7) is 8.02. The Labute approximate surface area is 293 Å². The van der Waals surface area contributed by atoms with Crippen molar-refractivity contribution in [3.63, 3.8) is 0 Å². The van der Waals surface area contributed by atoms with E-state index in [9.17, 15) is 24.3 Å². The third-order valence-corrected chi connectivity index (χ3v) is 8.69. The zero-order valence-electron chi connectivity index (χ0n) is 29.4. The zero-order chi connectivity index (χ0) is 37.0. The van der Waals surface area contributed by atoms with E-state index in [0.717, 1.165) is 39.6 Å². The summed E-state index contributed by atoms with van der Waals surface area (Å²) in [6, 6.07) is 6.54. The molecule has 0 fully saturated rings. The number of aryl methyl sites for hydroxylation is 2. The molecule has 0 bridgehead atoms. The number of aromatic nitrogens is 1. The summed E-state index contributed by atoms with van der Waals surface area (Å²) < 4.78 is 0. The van der Waals surface area contributed by atoms with Gasteiger partial charge in [-0.1, -0.05) is 44.9 Å². The van der Waals surface area contributed by atoms with Crippen LogP contribution in [-0.2, 0) is 32.0 Å². The lowest BCUT2D eigenvalue weighted by molar-refractivity contribution is -0.133. The summed E-state index contributed by atoms with van der Waals surface area (Å²) in [5, 5.41) is 19.4. The van der Waals surface area contributed by atoms with Crippen molar-refractivity contribution < 1.29 is 24.3 Å². The van der Waals surface area contributed by atoms with Crippen LogP contribution in [0.1, 0.15) is 68.2 Å². The Morgan fingerprint density at radius 1 is 0.820 bits per heavy atom. The van der Waals surface area contributed by atoms with Gasteiger partial charge in [0.05, 0.1) is 6.04 Å². The molecule has 4 atom stereocenters. The van der Waals surface area contributed by atoms with Gasteiger partial charge in [-0.2, -0.15) is 0 Å². The van der Waals surface area contributed by atoms with Crippen molar-refractivity contribution in [2.45, 2.75) is 96.8 Å². The number of nitrogens with zero attached hydrogens (tertiary/aromatic N) is 1. The van der Waals surface area contributed by atoms with E-state index < -0.39 is 47.8 Å². The van der Waals surface area contributed by atoms with Crippen LogP contribution in [0, 0.1) is 19.8 Å². The van der Waals surface area contributed by atoms with Gasteiger partial charge in [-0.25, -0.2) is 0 Å². The van der Waals surface area contributed by atoms with Gasteiger partial charge in [0.2, 0.25) is 23.6 Å². The van der Waals surface area contributed by atoms with Crippen molar-refractivity contribution in [1.29, 1.82) is 0 Å². The highest BCUT2D eigenvalue weighted by molar-refractivity contribution is 5.95. The Bertz CT molecular complexity index is 1640. The van der Waals surface area contributed by atoms with E-state index in [4.69, 9.17) is 22.9 Å². The minimum absolute atomic E-state index is 0.0524. The fourth-order valence-electron chi connectivity index (χ4n) is 5.93. The number of aromatic amines is 1. The number of aliphatic imine (C=N–C) groups is 1. The molecule has 14 nitrogen and oxygen atoms in total. The molecule has 272 valence electrons. The predicted molar refractivity (Wildman–Crippen MR) is 195 cm³/mol. The SMILES string of the molecule is Cc1cc(O)cc(C)c1C[C@H](NC(=O)[C@H](N)CCCN=C(N)N)C(=O)N[C@@H](Cc1c[nH]c2ccccc12)C(=O)N[C@@H](CCCC(C)C)C(N)=O. The van der Waals surface area contributed by atoms with Gasteiger partial charge in [-0.05, 0) is 79.5 Å². The maximum Gasteiger partial charge on any atom is 0.243 e. The van der Waals surface area contributed by atoms with Crippen LogP contribution in [0.15, 0.2) is 47.6 Å². The van der Waals surface area contributed by atoms with E-state index in [-0.39, 0.29) is 37.5 Å².